The molecule has 0 aliphatic carbocycles. The lowest BCUT2D eigenvalue weighted by atomic mass is 10.1. The van der Waals surface area contributed by atoms with E-state index in [1.807, 2.05) is 49.5 Å². The number of rotatable bonds is 4. The highest BCUT2D eigenvalue weighted by molar-refractivity contribution is 6.04. The topological polar surface area (TPSA) is 88.5 Å². The summed E-state index contributed by atoms with van der Waals surface area (Å²) in [6, 6.07) is 11.4. The third-order valence-corrected chi connectivity index (χ3v) is 3.94. The number of aromatic nitrogens is 5. The summed E-state index contributed by atoms with van der Waals surface area (Å²) in [5.74, 6) is 0.492. The first-order valence-electron chi connectivity index (χ1n) is 7.88. The molecule has 0 aliphatic heterocycles. The molecule has 4 rings (SSSR count). The van der Waals surface area contributed by atoms with Gasteiger partial charge in [-0.3, -0.25) is 9.89 Å². The van der Waals surface area contributed by atoms with E-state index < -0.39 is 0 Å². The first kappa shape index (κ1) is 15.1. The minimum absolute atomic E-state index is 0.214. The third-order valence-electron chi connectivity index (χ3n) is 3.94. The maximum Gasteiger partial charge on any atom is 0.272 e. The highest BCUT2D eigenvalue weighted by atomic mass is 16.1. The molecular formula is C18H16N6O. The van der Waals surface area contributed by atoms with E-state index in [-0.39, 0.29) is 5.91 Å². The first-order chi connectivity index (χ1) is 12.2. The lowest BCUT2D eigenvalue weighted by molar-refractivity contribution is 0.0947. The fraction of sp³-hybridized carbons (Fsp3) is 0.111. The van der Waals surface area contributed by atoms with Crippen molar-refractivity contribution in [3.8, 4) is 5.82 Å². The summed E-state index contributed by atoms with van der Waals surface area (Å²) in [5, 5.41) is 14.9. The Bertz CT molecular complexity index is 1030. The number of hydrogen-bond donors (Lipinski definition) is 2. The van der Waals surface area contributed by atoms with Gasteiger partial charge in [-0.05, 0) is 42.8 Å². The number of fused-ring (bicyclic) bond motifs is 1. The van der Waals surface area contributed by atoms with Gasteiger partial charge in [0.25, 0.3) is 5.91 Å². The molecule has 3 heterocycles. The average Bonchev–Trinajstić information content (AvgIpc) is 3.29. The van der Waals surface area contributed by atoms with Crippen molar-refractivity contribution in [1.82, 2.24) is 30.3 Å². The number of nitrogens with zero attached hydrogens (tertiary/aromatic N) is 4. The lowest BCUT2D eigenvalue weighted by Crippen LogP contribution is -2.23. The standard InChI is InChI=1S/C18H16N6O/c1-12-3-4-15-14(9-12)17(23-22-15)18(25)20-11-13-5-7-19-16(10-13)24-8-2-6-21-24/h2-10H,11H2,1H3,(H,20,25)(H,22,23). The van der Waals surface area contributed by atoms with E-state index in [0.29, 0.717) is 18.1 Å². The molecule has 1 aromatic carbocycles. The van der Waals surface area contributed by atoms with Crippen LogP contribution >= 0.6 is 0 Å². The SMILES string of the molecule is Cc1ccc2[nH]nc(C(=O)NCc3ccnc(-n4cccn4)c3)c2c1. The van der Waals surface area contributed by atoms with Crippen LogP contribution in [-0.2, 0) is 6.54 Å². The molecule has 7 heteroatoms. The molecule has 0 radical (unpaired) electrons. The number of amides is 1. The average molecular weight is 332 g/mol. The van der Waals surface area contributed by atoms with Gasteiger partial charge < -0.3 is 5.32 Å². The molecule has 0 fully saturated rings. The zero-order valence-corrected chi connectivity index (χ0v) is 13.6. The smallest absolute Gasteiger partial charge is 0.272 e. The molecule has 0 bridgehead atoms. The summed E-state index contributed by atoms with van der Waals surface area (Å²) in [4.78, 5) is 16.8. The van der Waals surface area contributed by atoms with E-state index in [1.54, 1.807) is 17.1 Å². The van der Waals surface area contributed by atoms with Crippen molar-refractivity contribution in [3.05, 3.63) is 71.8 Å². The Hall–Kier alpha value is -3.48. The molecule has 0 aliphatic rings. The van der Waals surface area contributed by atoms with Crippen LogP contribution in [0.15, 0.2) is 55.0 Å². The van der Waals surface area contributed by atoms with Gasteiger partial charge in [0.1, 0.15) is 0 Å². The lowest BCUT2D eigenvalue weighted by Gasteiger charge is -2.06. The van der Waals surface area contributed by atoms with Crippen LogP contribution < -0.4 is 5.32 Å². The number of benzene rings is 1. The predicted octanol–water partition coefficient (Wildman–Crippen LogP) is 2.38. The number of aromatic amines is 1. The second kappa shape index (κ2) is 6.20. The fourth-order valence-electron chi connectivity index (χ4n) is 2.67. The number of pyridine rings is 1. The van der Waals surface area contributed by atoms with Crippen LogP contribution in [0.1, 0.15) is 21.6 Å². The van der Waals surface area contributed by atoms with Gasteiger partial charge in [-0.1, -0.05) is 11.6 Å². The fourth-order valence-corrected chi connectivity index (χ4v) is 2.67. The molecule has 2 N–H and O–H groups in total. The second-order valence-electron chi connectivity index (χ2n) is 5.78. The Labute approximate surface area is 143 Å². The molecule has 0 spiro atoms. The molecular weight excluding hydrogens is 316 g/mol. The van der Waals surface area contributed by atoms with Gasteiger partial charge in [0.2, 0.25) is 0 Å². The zero-order chi connectivity index (χ0) is 17.2. The maximum absolute atomic E-state index is 12.5. The largest absolute Gasteiger partial charge is 0.347 e. The summed E-state index contributed by atoms with van der Waals surface area (Å²) in [6.45, 7) is 2.37. The Balaban J connectivity index is 1.52. The van der Waals surface area contributed by atoms with Gasteiger partial charge in [0.15, 0.2) is 11.5 Å². The molecule has 4 aromatic rings. The highest BCUT2D eigenvalue weighted by Gasteiger charge is 2.14. The van der Waals surface area contributed by atoms with Crippen molar-refractivity contribution in [2.24, 2.45) is 0 Å². The van der Waals surface area contributed by atoms with Crippen LogP contribution in [0.5, 0.6) is 0 Å². The molecule has 0 saturated heterocycles. The summed E-state index contributed by atoms with van der Waals surface area (Å²) in [6.07, 6.45) is 5.22. The third kappa shape index (κ3) is 2.99. The van der Waals surface area contributed by atoms with Gasteiger partial charge in [0.05, 0.1) is 5.52 Å². The van der Waals surface area contributed by atoms with Crippen LogP contribution in [0.4, 0.5) is 0 Å². The second-order valence-corrected chi connectivity index (χ2v) is 5.78. The molecule has 0 saturated carbocycles. The number of aryl methyl sites for hydroxylation is 1. The first-order valence-corrected chi connectivity index (χ1v) is 7.88. The number of nitrogens with one attached hydrogen (secondary N) is 2. The molecule has 7 nitrogen and oxygen atoms in total. The van der Waals surface area contributed by atoms with Crippen LogP contribution in [0.25, 0.3) is 16.7 Å². The highest BCUT2D eigenvalue weighted by Crippen LogP contribution is 2.17. The van der Waals surface area contributed by atoms with Crippen LogP contribution in [0.3, 0.4) is 0 Å². The normalized spacial score (nSPS) is 10.9. The summed E-state index contributed by atoms with van der Waals surface area (Å²) >= 11 is 0. The van der Waals surface area contributed by atoms with E-state index in [9.17, 15) is 4.79 Å². The van der Waals surface area contributed by atoms with Gasteiger partial charge in [-0.15, -0.1) is 0 Å². The Morgan fingerprint density at radius 1 is 1.24 bits per heavy atom. The maximum atomic E-state index is 12.5. The van der Waals surface area contributed by atoms with Crippen molar-refractivity contribution < 1.29 is 4.79 Å². The monoisotopic (exact) mass is 332 g/mol. The van der Waals surface area contributed by atoms with Crippen molar-refractivity contribution in [3.63, 3.8) is 0 Å². The Morgan fingerprint density at radius 2 is 2.16 bits per heavy atom. The molecule has 124 valence electrons. The molecule has 25 heavy (non-hydrogen) atoms. The summed E-state index contributed by atoms with van der Waals surface area (Å²) in [5.41, 5.74) is 3.27. The van der Waals surface area contributed by atoms with Crippen molar-refractivity contribution in [2.45, 2.75) is 13.5 Å². The van der Waals surface area contributed by atoms with E-state index >= 15 is 0 Å². The predicted molar refractivity (Wildman–Crippen MR) is 93.4 cm³/mol. The molecule has 1 amide bonds. The van der Waals surface area contributed by atoms with Gasteiger partial charge in [0, 0.05) is 30.5 Å². The van der Waals surface area contributed by atoms with Gasteiger partial charge in [-0.25, -0.2) is 9.67 Å². The van der Waals surface area contributed by atoms with E-state index in [1.165, 1.54) is 0 Å². The quantitative estimate of drug-likeness (QED) is 0.600. The van der Waals surface area contributed by atoms with Crippen molar-refractivity contribution in [2.75, 3.05) is 0 Å². The molecule has 3 aromatic heterocycles. The van der Waals surface area contributed by atoms with Crippen molar-refractivity contribution >= 4 is 16.8 Å². The summed E-state index contributed by atoms with van der Waals surface area (Å²) < 4.78 is 1.68. The number of carbonyl (C=O) groups is 1. The number of H-pyrrole nitrogens is 1. The van der Waals surface area contributed by atoms with Gasteiger partial charge in [-0.2, -0.15) is 10.2 Å². The van der Waals surface area contributed by atoms with E-state index in [4.69, 9.17) is 0 Å². The summed E-state index contributed by atoms with van der Waals surface area (Å²) in [7, 11) is 0. The Morgan fingerprint density at radius 3 is 3.00 bits per heavy atom. The van der Waals surface area contributed by atoms with Crippen LogP contribution in [-0.4, -0.2) is 30.9 Å². The van der Waals surface area contributed by atoms with Crippen LogP contribution in [0.2, 0.25) is 0 Å². The minimum atomic E-state index is -0.214. The number of carbonyl (C=O) groups excluding carboxylic acids is 1. The molecule has 0 atom stereocenters. The zero-order valence-electron chi connectivity index (χ0n) is 13.6. The van der Waals surface area contributed by atoms with Crippen molar-refractivity contribution in [1.29, 1.82) is 0 Å². The van der Waals surface area contributed by atoms with Crippen LogP contribution in [0, 0.1) is 6.92 Å². The van der Waals surface area contributed by atoms with E-state index in [2.05, 4.69) is 25.6 Å². The minimum Gasteiger partial charge on any atom is -0.347 e. The van der Waals surface area contributed by atoms with Gasteiger partial charge >= 0.3 is 0 Å². The molecule has 0 unspecified atom stereocenters. The number of hydrogen-bond acceptors (Lipinski definition) is 4. The van der Waals surface area contributed by atoms with E-state index in [0.717, 1.165) is 22.0 Å². The Kier molecular flexibility index (Phi) is 3.74.